The number of ether oxygens (including phenoxy) is 2. The van der Waals surface area contributed by atoms with Crippen molar-refractivity contribution in [2.45, 2.75) is 40.2 Å². The van der Waals surface area contributed by atoms with Crippen molar-refractivity contribution in [1.29, 1.82) is 0 Å². The summed E-state index contributed by atoms with van der Waals surface area (Å²) >= 11 is 0. The van der Waals surface area contributed by atoms with Gasteiger partial charge < -0.3 is 20.1 Å². The Bertz CT molecular complexity index is 526. The minimum atomic E-state index is 0. The van der Waals surface area contributed by atoms with Crippen molar-refractivity contribution in [2.24, 2.45) is 4.99 Å². The number of methoxy groups -OCH3 is 1. The van der Waals surface area contributed by atoms with Crippen molar-refractivity contribution >= 4 is 35.6 Å². The number of aliphatic imine (C=N–C) groups is 1. The number of guanidine groups is 1. The summed E-state index contributed by atoms with van der Waals surface area (Å²) in [6.45, 7) is 13.6. The first-order valence-electron chi connectivity index (χ1n) is 9.61. The van der Waals surface area contributed by atoms with Crippen molar-refractivity contribution in [1.82, 2.24) is 10.2 Å². The molecule has 0 radical (unpaired) electrons. The zero-order valence-corrected chi connectivity index (χ0v) is 19.8. The highest BCUT2D eigenvalue weighted by Gasteiger charge is 2.06. The lowest BCUT2D eigenvalue weighted by atomic mass is 10.3. The molecule has 27 heavy (non-hydrogen) atoms. The minimum Gasteiger partial charge on any atom is -0.493 e. The summed E-state index contributed by atoms with van der Waals surface area (Å²) in [6, 6.07) is 8.49. The third kappa shape index (κ3) is 11.4. The molecule has 0 unspecified atom stereocenters. The van der Waals surface area contributed by atoms with Gasteiger partial charge in [0.1, 0.15) is 5.75 Å². The van der Waals surface area contributed by atoms with Crippen LogP contribution in [0.1, 0.15) is 34.1 Å². The van der Waals surface area contributed by atoms with Crippen LogP contribution < -0.4 is 15.4 Å². The molecule has 0 aliphatic carbocycles. The standard InChI is InChI=1S/C20H36N4O2.HI/c1-6-21-20(22-12-13-24(7-2)17(3)4)23-18-10-8-11-19(16-18)26-15-9-14-25-5;/h8,10-11,16-17H,6-7,9,12-15H2,1-5H3,(H2,21,22,23);1H. The van der Waals surface area contributed by atoms with Crippen molar-refractivity contribution in [3.05, 3.63) is 24.3 Å². The van der Waals surface area contributed by atoms with Gasteiger partial charge in [-0.15, -0.1) is 24.0 Å². The molecule has 0 atom stereocenters. The molecule has 156 valence electrons. The van der Waals surface area contributed by atoms with Crippen LogP contribution in [0, 0.1) is 0 Å². The van der Waals surface area contributed by atoms with Gasteiger partial charge in [-0.05, 0) is 39.4 Å². The van der Waals surface area contributed by atoms with E-state index in [0.717, 1.165) is 50.0 Å². The molecule has 0 aromatic heterocycles. The summed E-state index contributed by atoms with van der Waals surface area (Å²) < 4.78 is 10.8. The van der Waals surface area contributed by atoms with Crippen LogP contribution >= 0.6 is 24.0 Å². The van der Waals surface area contributed by atoms with Crippen LogP contribution in [0.4, 0.5) is 5.69 Å². The molecule has 1 rings (SSSR count). The smallest absolute Gasteiger partial charge is 0.195 e. The molecule has 0 aliphatic rings. The molecule has 2 N–H and O–H groups in total. The molecule has 0 heterocycles. The molecule has 1 aromatic rings. The number of nitrogens with one attached hydrogen (secondary N) is 2. The van der Waals surface area contributed by atoms with Crippen LogP contribution in [0.5, 0.6) is 5.75 Å². The van der Waals surface area contributed by atoms with Crippen LogP contribution in [0.2, 0.25) is 0 Å². The van der Waals surface area contributed by atoms with Gasteiger partial charge in [0.05, 0.1) is 13.2 Å². The van der Waals surface area contributed by atoms with Gasteiger partial charge in [-0.3, -0.25) is 9.89 Å². The molecule has 0 aliphatic heterocycles. The van der Waals surface area contributed by atoms with Gasteiger partial charge in [0.15, 0.2) is 5.96 Å². The third-order valence-corrected chi connectivity index (χ3v) is 4.00. The van der Waals surface area contributed by atoms with E-state index in [2.05, 4.69) is 43.2 Å². The van der Waals surface area contributed by atoms with E-state index in [4.69, 9.17) is 14.5 Å². The maximum Gasteiger partial charge on any atom is 0.195 e. The molecule has 1 aromatic carbocycles. The molecule has 0 amide bonds. The van der Waals surface area contributed by atoms with Crippen LogP contribution in [0.3, 0.4) is 0 Å². The van der Waals surface area contributed by atoms with Gasteiger partial charge in [0, 0.05) is 51.0 Å². The molecule has 7 heteroatoms. The first-order valence-corrected chi connectivity index (χ1v) is 9.61. The summed E-state index contributed by atoms with van der Waals surface area (Å²) in [5.41, 5.74) is 0.963. The van der Waals surface area contributed by atoms with E-state index in [1.807, 2.05) is 24.3 Å². The second-order valence-corrected chi connectivity index (χ2v) is 6.33. The van der Waals surface area contributed by atoms with E-state index in [9.17, 15) is 0 Å². The monoisotopic (exact) mass is 492 g/mol. The van der Waals surface area contributed by atoms with Crippen molar-refractivity contribution in [3.8, 4) is 5.75 Å². The fourth-order valence-electron chi connectivity index (χ4n) is 2.57. The maximum atomic E-state index is 5.76. The predicted molar refractivity (Wildman–Crippen MR) is 126 cm³/mol. The molecule has 0 fully saturated rings. The van der Waals surface area contributed by atoms with Gasteiger partial charge >= 0.3 is 0 Å². The summed E-state index contributed by atoms with van der Waals surface area (Å²) in [4.78, 5) is 7.09. The first kappa shape index (κ1) is 25.9. The van der Waals surface area contributed by atoms with E-state index in [-0.39, 0.29) is 24.0 Å². The van der Waals surface area contributed by atoms with Crippen LogP contribution in [-0.4, -0.2) is 63.4 Å². The fraction of sp³-hybridized carbons (Fsp3) is 0.650. The number of likely N-dealkylation sites (N-methyl/N-ethyl adjacent to an activating group) is 1. The largest absolute Gasteiger partial charge is 0.493 e. The van der Waals surface area contributed by atoms with Crippen LogP contribution in [-0.2, 0) is 4.74 Å². The quantitative estimate of drug-likeness (QED) is 0.201. The highest BCUT2D eigenvalue weighted by atomic mass is 127. The molecule has 0 saturated carbocycles. The topological polar surface area (TPSA) is 58.1 Å². The van der Waals surface area contributed by atoms with Gasteiger partial charge in [0.25, 0.3) is 0 Å². The number of hydrogen-bond acceptors (Lipinski definition) is 4. The number of rotatable bonds is 12. The van der Waals surface area contributed by atoms with E-state index in [1.165, 1.54) is 0 Å². The molecular weight excluding hydrogens is 455 g/mol. The molecule has 0 bridgehead atoms. The van der Waals surface area contributed by atoms with Crippen LogP contribution in [0.15, 0.2) is 29.3 Å². The molecule has 0 saturated heterocycles. The van der Waals surface area contributed by atoms with Crippen molar-refractivity contribution < 1.29 is 9.47 Å². The van der Waals surface area contributed by atoms with E-state index in [1.54, 1.807) is 7.11 Å². The predicted octanol–water partition coefficient (Wildman–Crippen LogP) is 3.83. The Morgan fingerprint density at radius 2 is 2.00 bits per heavy atom. The summed E-state index contributed by atoms with van der Waals surface area (Å²) in [5.74, 6) is 1.64. The summed E-state index contributed by atoms with van der Waals surface area (Å²) in [6.07, 6.45) is 0.877. The third-order valence-electron chi connectivity index (χ3n) is 4.00. The van der Waals surface area contributed by atoms with Crippen LogP contribution in [0.25, 0.3) is 0 Å². The fourth-order valence-corrected chi connectivity index (χ4v) is 2.57. The van der Waals surface area contributed by atoms with Gasteiger partial charge in [-0.1, -0.05) is 13.0 Å². The average molecular weight is 492 g/mol. The Balaban J connectivity index is 0.00000676. The number of anilines is 1. The molecular formula is C20H37IN4O2. The number of benzene rings is 1. The molecule has 0 spiro atoms. The van der Waals surface area contributed by atoms with Gasteiger partial charge in [-0.2, -0.15) is 0 Å². The zero-order valence-electron chi connectivity index (χ0n) is 17.5. The minimum absolute atomic E-state index is 0. The van der Waals surface area contributed by atoms with Crippen molar-refractivity contribution in [2.75, 3.05) is 51.8 Å². The van der Waals surface area contributed by atoms with E-state index >= 15 is 0 Å². The Morgan fingerprint density at radius 3 is 2.63 bits per heavy atom. The lowest BCUT2D eigenvalue weighted by molar-refractivity contribution is 0.172. The Morgan fingerprint density at radius 1 is 1.22 bits per heavy atom. The number of nitrogens with zero attached hydrogens (tertiary/aromatic N) is 2. The van der Waals surface area contributed by atoms with Gasteiger partial charge in [-0.25, -0.2) is 0 Å². The number of hydrogen-bond donors (Lipinski definition) is 2. The second-order valence-electron chi connectivity index (χ2n) is 6.33. The second kappa shape index (κ2) is 15.9. The highest BCUT2D eigenvalue weighted by Crippen LogP contribution is 2.17. The zero-order chi connectivity index (χ0) is 19.2. The first-order chi connectivity index (χ1) is 12.6. The summed E-state index contributed by atoms with van der Waals surface area (Å²) in [5, 5.41) is 6.65. The normalized spacial score (nSPS) is 11.4. The highest BCUT2D eigenvalue weighted by molar-refractivity contribution is 14.0. The number of halogens is 1. The average Bonchev–Trinajstić information content (AvgIpc) is 2.62. The van der Waals surface area contributed by atoms with E-state index < -0.39 is 0 Å². The lowest BCUT2D eigenvalue weighted by Gasteiger charge is -2.23. The van der Waals surface area contributed by atoms with Crippen molar-refractivity contribution in [3.63, 3.8) is 0 Å². The Kier molecular flexibility index (Phi) is 15.3. The maximum absolute atomic E-state index is 5.76. The SMILES string of the molecule is CCNC(=NCCN(CC)C(C)C)Nc1cccc(OCCCOC)c1.I. The van der Waals surface area contributed by atoms with E-state index in [0.29, 0.717) is 19.3 Å². The lowest BCUT2D eigenvalue weighted by Crippen LogP contribution is -2.35. The Labute approximate surface area is 182 Å². The molecule has 6 nitrogen and oxygen atoms in total. The summed E-state index contributed by atoms with van der Waals surface area (Å²) in [7, 11) is 1.70. The Hall–Kier alpha value is -1.06. The van der Waals surface area contributed by atoms with Gasteiger partial charge in [0.2, 0.25) is 0 Å².